The number of rotatable bonds is 9. The summed E-state index contributed by atoms with van der Waals surface area (Å²) in [6.07, 6.45) is -2.21. The van der Waals surface area contributed by atoms with E-state index < -0.39 is 63.9 Å². The lowest BCUT2D eigenvalue weighted by atomic mass is 9.70. The molecule has 16 heteroatoms. The van der Waals surface area contributed by atoms with E-state index in [9.17, 15) is 36.3 Å². The van der Waals surface area contributed by atoms with E-state index in [1.54, 1.807) is 24.3 Å². The average molecular weight is 704 g/mol. The van der Waals surface area contributed by atoms with Gasteiger partial charge in [-0.25, -0.2) is 17.6 Å². The van der Waals surface area contributed by atoms with Crippen LogP contribution in [0.3, 0.4) is 0 Å². The molecule has 4 N–H and O–H groups in total. The predicted octanol–water partition coefficient (Wildman–Crippen LogP) is 5.30. The van der Waals surface area contributed by atoms with Crippen molar-refractivity contribution in [3.05, 3.63) is 58.6 Å². The smallest absolute Gasteiger partial charge is 0.405 e. The van der Waals surface area contributed by atoms with Crippen LogP contribution in [0.1, 0.15) is 62.0 Å². The molecule has 1 saturated carbocycles. The number of hydrogen-bond donors (Lipinski definition) is 4. The number of pyridine rings is 1. The summed E-state index contributed by atoms with van der Waals surface area (Å²) in [4.78, 5) is 29.8. The van der Waals surface area contributed by atoms with Crippen LogP contribution in [0, 0.1) is 17.7 Å². The first-order valence-corrected chi connectivity index (χ1v) is 17.7. The molecule has 2 saturated heterocycles. The summed E-state index contributed by atoms with van der Waals surface area (Å²) >= 11 is 6.08. The van der Waals surface area contributed by atoms with Gasteiger partial charge in [0, 0.05) is 41.7 Å². The van der Waals surface area contributed by atoms with Crippen LogP contribution >= 0.6 is 11.6 Å². The maximum Gasteiger partial charge on any atom is 0.405 e. The normalized spacial score (nSPS) is 27.2. The van der Waals surface area contributed by atoms with Gasteiger partial charge >= 0.3 is 12.3 Å². The van der Waals surface area contributed by atoms with Crippen LogP contribution in [0.5, 0.6) is 0 Å². The van der Waals surface area contributed by atoms with E-state index >= 15 is 4.39 Å². The second-order valence-corrected chi connectivity index (χ2v) is 15.1. The zero-order valence-electron chi connectivity index (χ0n) is 25.5. The Balaban J connectivity index is 1.39. The first kappa shape index (κ1) is 35.3. The van der Waals surface area contributed by atoms with E-state index in [4.69, 9.17) is 11.6 Å². The van der Waals surface area contributed by atoms with E-state index in [0.29, 0.717) is 30.1 Å². The van der Waals surface area contributed by atoms with Gasteiger partial charge in [-0.05, 0) is 75.0 Å². The fraction of sp³-hybridized carbons (Fsp3) is 0.581. The van der Waals surface area contributed by atoms with E-state index in [0.717, 1.165) is 12.6 Å². The second-order valence-electron chi connectivity index (χ2n) is 12.6. The highest BCUT2D eigenvalue weighted by Gasteiger charge is 2.45. The molecule has 1 unspecified atom stereocenters. The van der Waals surface area contributed by atoms with E-state index in [-0.39, 0.29) is 61.6 Å². The molecule has 2 bridgehead atoms. The van der Waals surface area contributed by atoms with Crippen LogP contribution in [0.4, 0.5) is 28.0 Å². The number of carboxylic acid groups (broad SMARTS) is 1. The van der Waals surface area contributed by atoms with Crippen molar-refractivity contribution < 1.29 is 40.7 Å². The topological polar surface area (TPSA) is 141 Å². The van der Waals surface area contributed by atoms with E-state index in [1.165, 1.54) is 10.5 Å². The Morgan fingerprint density at radius 2 is 1.81 bits per heavy atom. The van der Waals surface area contributed by atoms with Gasteiger partial charge in [0.15, 0.2) is 0 Å². The van der Waals surface area contributed by atoms with Crippen LogP contribution in [-0.4, -0.2) is 78.0 Å². The molecule has 3 aliphatic rings. The number of aromatic nitrogens is 1. The quantitative estimate of drug-likeness (QED) is 0.260. The van der Waals surface area contributed by atoms with Crippen molar-refractivity contribution in [1.82, 2.24) is 19.9 Å². The number of amides is 2. The molecule has 1 aromatic heterocycles. The van der Waals surface area contributed by atoms with Crippen molar-refractivity contribution in [3.63, 3.8) is 0 Å². The molecule has 47 heavy (non-hydrogen) atoms. The highest BCUT2D eigenvalue weighted by molar-refractivity contribution is 7.89. The summed E-state index contributed by atoms with van der Waals surface area (Å²) in [5, 5.41) is 18.4. The highest BCUT2D eigenvalue weighted by atomic mass is 35.5. The molecule has 1 aliphatic carbocycles. The van der Waals surface area contributed by atoms with Gasteiger partial charge in [-0.3, -0.25) is 9.78 Å². The molecule has 0 spiro atoms. The largest absolute Gasteiger partial charge is 0.465 e. The summed E-state index contributed by atoms with van der Waals surface area (Å²) in [6.45, 7) is 0.719. The fourth-order valence-electron chi connectivity index (χ4n) is 7.27. The molecular weight excluding hydrogens is 666 g/mol. The van der Waals surface area contributed by atoms with Crippen LogP contribution in [0.2, 0.25) is 5.02 Å². The van der Waals surface area contributed by atoms with Gasteiger partial charge in [-0.1, -0.05) is 23.7 Å². The van der Waals surface area contributed by atoms with Crippen molar-refractivity contribution in [1.29, 1.82) is 0 Å². The fourth-order valence-corrected chi connectivity index (χ4v) is 9.20. The summed E-state index contributed by atoms with van der Waals surface area (Å²) < 4.78 is 83.0. The standard InChI is InChI=1S/C31H38ClF4N5O5S/c32-21-9-5-19(6-10-21)27(18-3-7-20(8-4-18)31(34,35)36)28(40-30(43)44)29(42)39-26-16-37-15-25(33)24(26)12-11-23-14-38-22-2-1-13-47(45,46)41(23)17-22/h5-6,9-10,15-16,18,20,22-23,27-28,38,40H,1-4,7-8,11-14,17H2,(H,39,42)(H,43,44)/t18-,20-,22-,23+,27-,28+/m1/s1. The van der Waals surface area contributed by atoms with Crippen molar-refractivity contribution in [2.45, 2.75) is 81.6 Å². The predicted molar refractivity (Wildman–Crippen MR) is 167 cm³/mol. The molecule has 1 aromatic carbocycles. The Morgan fingerprint density at radius 3 is 2.47 bits per heavy atom. The van der Waals surface area contributed by atoms with Crippen molar-refractivity contribution in [2.24, 2.45) is 11.8 Å². The summed E-state index contributed by atoms with van der Waals surface area (Å²) in [6, 6.07) is 4.49. The first-order chi connectivity index (χ1) is 22.2. The second kappa shape index (κ2) is 14.6. The number of nitrogens with one attached hydrogen (secondary N) is 3. The summed E-state index contributed by atoms with van der Waals surface area (Å²) in [7, 11) is -3.49. The lowest BCUT2D eigenvalue weighted by Gasteiger charge is -2.38. The van der Waals surface area contributed by atoms with Gasteiger partial charge in [0.25, 0.3) is 0 Å². The Bertz CT molecular complexity index is 1540. The highest BCUT2D eigenvalue weighted by Crippen LogP contribution is 2.45. The average Bonchev–Trinajstić information content (AvgIpc) is 3.12. The first-order valence-electron chi connectivity index (χ1n) is 15.7. The lowest BCUT2D eigenvalue weighted by molar-refractivity contribution is -0.184. The molecule has 2 amide bonds. The van der Waals surface area contributed by atoms with Gasteiger partial charge in [0.1, 0.15) is 11.9 Å². The van der Waals surface area contributed by atoms with E-state index in [1.807, 2.05) is 0 Å². The third-order valence-electron chi connectivity index (χ3n) is 9.67. The maximum atomic E-state index is 15.2. The maximum absolute atomic E-state index is 15.2. The van der Waals surface area contributed by atoms with Gasteiger partial charge < -0.3 is 21.1 Å². The van der Waals surface area contributed by atoms with Gasteiger partial charge in [0.05, 0.1) is 29.8 Å². The third-order valence-corrected chi connectivity index (χ3v) is 11.9. The van der Waals surface area contributed by atoms with Gasteiger partial charge in [0.2, 0.25) is 15.9 Å². The SMILES string of the molecule is O=C(O)N[C@H](C(=O)Nc1cncc(F)c1CC[C@H]1CN[C@@H]2CCCS(=O)(=O)N1C2)[C@@H](c1ccc(Cl)cc1)[C@H]1CC[C@H](C(F)(F)F)CC1. The number of carbonyl (C=O) groups is 2. The molecular formula is C31H38ClF4N5O5S. The molecule has 3 fully saturated rings. The van der Waals surface area contributed by atoms with Gasteiger partial charge in [-0.2, -0.15) is 17.5 Å². The number of halogens is 5. The van der Waals surface area contributed by atoms with E-state index in [2.05, 4.69) is 20.9 Å². The summed E-state index contributed by atoms with van der Waals surface area (Å²) in [5.41, 5.74) is 0.576. The number of sulfonamides is 1. The van der Waals surface area contributed by atoms with Crippen LogP contribution < -0.4 is 16.0 Å². The molecule has 3 heterocycles. The Kier molecular flexibility index (Phi) is 11.0. The van der Waals surface area contributed by atoms with Gasteiger partial charge in [-0.15, -0.1) is 0 Å². The van der Waals surface area contributed by atoms with Crippen molar-refractivity contribution >= 4 is 39.3 Å². The number of nitrogens with zero attached hydrogens (tertiary/aromatic N) is 2. The van der Waals surface area contributed by atoms with Crippen LogP contribution in [-0.2, 0) is 21.2 Å². The molecule has 2 aliphatic heterocycles. The number of alkyl halides is 3. The Morgan fingerprint density at radius 1 is 1.11 bits per heavy atom. The molecule has 5 rings (SSSR count). The number of anilines is 1. The van der Waals surface area contributed by atoms with Crippen LogP contribution in [0.25, 0.3) is 0 Å². The summed E-state index contributed by atoms with van der Waals surface area (Å²) in [5.74, 6) is -4.36. The number of hydrogen-bond acceptors (Lipinski definition) is 6. The lowest BCUT2D eigenvalue weighted by Crippen LogP contribution is -2.57. The monoisotopic (exact) mass is 703 g/mol. The Hall–Kier alpha value is -3.01. The van der Waals surface area contributed by atoms with Crippen LogP contribution in [0.15, 0.2) is 36.7 Å². The Labute approximate surface area is 275 Å². The number of piperazine rings is 1. The minimum Gasteiger partial charge on any atom is -0.465 e. The number of benzene rings is 1. The molecule has 258 valence electrons. The number of carbonyl (C=O) groups excluding carboxylic acids is 1. The zero-order chi connectivity index (χ0) is 33.9. The van der Waals surface area contributed by atoms with Crippen molar-refractivity contribution in [3.8, 4) is 0 Å². The van der Waals surface area contributed by atoms with Crippen molar-refractivity contribution in [2.75, 3.05) is 24.2 Å². The minimum atomic E-state index is -4.36. The molecule has 5 atom stereocenters. The minimum absolute atomic E-state index is 0.0109. The molecule has 0 radical (unpaired) electrons. The zero-order valence-corrected chi connectivity index (χ0v) is 27.1. The molecule has 2 aromatic rings. The number of fused-ring (bicyclic) bond motifs is 2. The molecule has 10 nitrogen and oxygen atoms in total. The third kappa shape index (κ3) is 8.54.